The van der Waals surface area contributed by atoms with Crippen LogP contribution in [-0.2, 0) is 14.4 Å². The molecular formula is C19H26N2O4S. The minimum Gasteiger partial charge on any atom is -0.393 e. The highest BCUT2D eigenvalue weighted by Crippen LogP contribution is 2.50. The van der Waals surface area contributed by atoms with Gasteiger partial charge < -0.3 is 16.2 Å². The summed E-state index contributed by atoms with van der Waals surface area (Å²) >= 11 is 1.12. The Balaban J connectivity index is 2.64. The third kappa shape index (κ3) is 3.38. The first-order valence-electron chi connectivity index (χ1n) is 8.81. The summed E-state index contributed by atoms with van der Waals surface area (Å²) in [5, 5.41) is 12.7. The monoisotopic (exact) mass is 378 g/mol. The van der Waals surface area contributed by atoms with Gasteiger partial charge in [-0.15, -0.1) is 0 Å². The van der Waals surface area contributed by atoms with E-state index >= 15 is 0 Å². The van der Waals surface area contributed by atoms with E-state index in [1.54, 1.807) is 24.3 Å². The molecule has 26 heavy (non-hydrogen) atoms. The molecule has 0 aliphatic carbocycles. The van der Waals surface area contributed by atoms with Gasteiger partial charge in [0, 0.05) is 0 Å². The zero-order valence-corrected chi connectivity index (χ0v) is 16.1. The Kier molecular flexibility index (Phi) is 6.47. The predicted molar refractivity (Wildman–Crippen MR) is 101 cm³/mol. The Morgan fingerprint density at radius 1 is 1.31 bits per heavy atom. The molecule has 0 saturated carbocycles. The number of aliphatic hydroxyl groups is 1. The van der Waals surface area contributed by atoms with E-state index in [0.29, 0.717) is 17.7 Å². The smallest absolute Gasteiger partial charge is 0.228 e. The Morgan fingerprint density at radius 2 is 1.92 bits per heavy atom. The number of aliphatic hydroxyl groups excluding tert-OH is 1. The molecule has 2 amide bonds. The van der Waals surface area contributed by atoms with Gasteiger partial charge in [0.1, 0.15) is 0 Å². The van der Waals surface area contributed by atoms with Crippen molar-refractivity contribution < 1.29 is 19.5 Å². The molecule has 5 atom stereocenters. The van der Waals surface area contributed by atoms with Gasteiger partial charge in [-0.2, -0.15) is 0 Å². The van der Waals surface area contributed by atoms with E-state index in [0.717, 1.165) is 11.8 Å². The van der Waals surface area contributed by atoms with Crippen molar-refractivity contribution in [2.24, 2.45) is 17.1 Å². The Labute approximate surface area is 157 Å². The minimum absolute atomic E-state index is 0.189. The Morgan fingerprint density at radius 3 is 2.35 bits per heavy atom. The zero-order valence-electron chi connectivity index (χ0n) is 15.3. The summed E-state index contributed by atoms with van der Waals surface area (Å²) in [6, 6.07) is 8.28. The number of carbonyl (C=O) groups excluding carboxylic acids is 3. The van der Waals surface area contributed by atoms with Crippen LogP contribution in [0, 0.1) is 11.3 Å². The second kappa shape index (κ2) is 8.22. The van der Waals surface area contributed by atoms with Crippen LogP contribution in [0.1, 0.15) is 38.7 Å². The minimum atomic E-state index is -1.22. The van der Waals surface area contributed by atoms with Crippen molar-refractivity contribution in [3.63, 3.8) is 0 Å². The molecule has 0 bridgehead atoms. The first-order valence-corrected chi connectivity index (χ1v) is 9.79. The first-order chi connectivity index (χ1) is 12.3. The van der Waals surface area contributed by atoms with Crippen molar-refractivity contribution in [3.8, 4) is 0 Å². The number of primary amides is 1. The van der Waals surface area contributed by atoms with E-state index in [4.69, 9.17) is 5.73 Å². The van der Waals surface area contributed by atoms with Crippen molar-refractivity contribution in [3.05, 3.63) is 35.9 Å². The topological polar surface area (TPSA) is 109 Å². The third-order valence-corrected chi connectivity index (χ3v) is 6.14. The largest absolute Gasteiger partial charge is 0.393 e. The molecule has 4 N–H and O–H groups in total. The van der Waals surface area contributed by atoms with E-state index in [1.165, 1.54) is 6.92 Å². The maximum Gasteiger partial charge on any atom is 0.228 e. The molecule has 0 radical (unpaired) electrons. The van der Waals surface area contributed by atoms with Crippen LogP contribution < -0.4 is 11.1 Å². The molecule has 2 rings (SSSR count). The summed E-state index contributed by atoms with van der Waals surface area (Å²) < 4.78 is 0. The van der Waals surface area contributed by atoms with Crippen LogP contribution in [0.5, 0.6) is 0 Å². The Bertz CT molecular complexity index is 679. The van der Waals surface area contributed by atoms with E-state index in [1.807, 2.05) is 19.9 Å². The van der Waals surface area contributed by atoms with Crippen molar-refractivity contribution in [2.45, 2.75) is 45.3 Å². The normalized spacial score (nSPS) is 23.9. The molecule has 1 aromatic carbocycles. The SMILES string of the molecule is CCSC(=O)[C@@](CC)(C(C(N)=O)c1ccccc1)[C@H]1NC(=O)[C@@H]1[C@@H](C)O. The molecule has 1 heterocycles. The molecular weight excluding hydrogens is 352 g/mol. The number of β-lactam (4-membered cyclic amide) rings is 1. The summed E-state index contributed by atoms with van der Waals surface area (Å²) in [6.07, 6.45) is -0.612. The molecule has 0 spiro atoms. The van der Waals surface area contributed by atoms with Crippen molar-refractivity contribution in [2.75, 3.05) is 5.75 Å². The highest BCUT2D eigenvalue weighted by Gasteiger charge is 2.61. The average molecular weight is 378 g/mol. The van der Waals surface area contributed by atoms with Gasteiger partial charge in [-0.1, -0.05) is 55.9 Å². The number of rotatable bonds is 8. The summed E-state index contributed by atoms with van der Waals surface area (Å²) in [4.78, 5) is 37.8. The molecule has 1 aliphatic heterocycles. The average Bonchev–Trinajstić information content (AvgIpc) is 2.57. The number of amides is 2. The number of hydrogen-bond donors (Lipinski definition) is 3. The Hall–Kier alpha value is -1.86. The van der Waals surface area contributed by atoms with Gasteiger partial charge in [0.25, 0.3) is 0 Å². The van der Waals surface area contributed by atoms with Crippen LogP contribution in [0.15, 0.2) is 30.3 Å². The molecule has 1 unspecified atom stereocenters. The fourth-order valence-electron chi connectivity index (χ4n) is 3.96. The quantitative estimate of drug-likeness (QED) is 0.593. The fourth-order valence-corrected chi connectivity index (χ4v) is 4.88. The first kappa shape index (κ1) is 20.5. The van der Waals surface area contributed by atoms with Crippen molar-refractivity contribution in [1.29, 1.82) is 0 Å². The van der Waals surface area contributed by atoms with Gasteiger partial charge in [-0.05, 0) is 24.7 Å². The summed E-state index contributed by atoms with van der Waals surface area (Å²) in [6.45, 7) is 5.20. The molecule has 0 aromatic heterocycles. The van der Waals surface area contributed by atoms with Crippen LogP contribution in [0.25, 0.3) is 0 Å². The maximum absolute atomic E-state index is 13.2. The van der Waals surface area contributed by atoms with Gasteiger partial charge in [0.15, 0.2) is 5.12 Å². The zero-order chi connectivity index (χ0) is 19.5. The second-order valence-electron chi connectivity index (χ2n) is 6.61. The lowest BCUT2D eigenvalue weighted by molar-refractivity contribution is -0.153. The number of nitrogens with two attached hydrogens (primary N) is 1. The number of carbonyl (C=O) groups is 3. The predicted octanol–water partition coefficient (Wildman–Crippen LogP) is 1.43. The lowest BCUT2D eigenvalue weighted by Gasteiger charge is -2.52. The molecule has 1 aliphatic rings. The van der Waals surface area contributed by atoms with Crippen molar-refractivity contribution in [1.82, 2.24) is 5.32 Å². The van der Waals surface area contributed by atoms with Gasteiger partial charge in [-0.3, -0.25) is 14.4 Å². The van der Waals surface area contributed by atoms with Gasteiger partial charge in [0.2, 0.25) is 11.8 Å². The molecule has 7 heteroatoms. The third-order valence-electron chi connectivity index (χ3n) is 5.21. The number of benzene rings is 1. The number of hydrogen-bond acceptors (Lipinski definition) is 5. The van der Waals surface area contributed by atoms with E-state index in [-0.39, 0.29) is 11.0 Å². The second-order valence-corrected chi connectivity index (χ2v) is 7.85. The molecule has 1 saturated heterocycles. The molecule has 6 nitrogen and oxygen atoms in total. The van der Waals surface area contributed by atoms with E-state index < -0.39 is 35.3 Å². The van der Waals surface area contributed by atoms with Gasteiger partial charge in [-0.25, -0.2) is 0 Å². The fraction of sp³-hybridized carbons (Fsp3) is 0.526. The van der Waals surface area contributed by atoms with Crippen LogP contribution in [0.2, 0.25) is 0 Å². The highest BCUT2D eigenvalue weighted by molar-refractivity contribution is 8.13. The summed E-state index contributed by atoms with van der Waals surface area (Å²) in [5.74, 6) is -2.03. The molecule has 142 valence electrons. The van der Waals surface area contributed by atoms with Crippen molar-refractivity contribution >= 4 is 28.7 Å². The van der Waals surface area contributed by atoms with Crippen LogP contribution in [0.4, 0.5) is 0 Å². The number of nitrogens with one attached hydrogen (secondary N) is 1. The summed E-state index contributed by atoms with van der Waals surface area (Å²) in [7, 11) is 0. The van der Waals surface area contributed by atoms with Crippen LogP contribution >= 0.6 is 11.8 Å². The lowest BCUT2D eigenvalue weighted by Crippen LogP contribution is -2.71. The molecule has 1 aromatic rings. The van der Waals surface area contributed by atoms with Gasteiger partial charge >= 0.3 is 0 Å². The number of thioether (sulfide) groups is 1. The standard InChI is InChI=1S/C19H26N2O4S/c1-4-19(18(25)26-5-2,15-13(11(3)22)17(24)21-15)14(16(20)23)12-9-7-6-8-10-12/h6-11,13-15,22H,4-5H2,1-3H3,(H2,20,23)(H,21,24)/t11-,13-,14?,15+,19+/m1/s1. The van der Waals surface area contributed by atoms with Crippen LogP contribution in [0.3, 0.4) is 0 Å². The lowest BCUT2D eigenvalue weighted by atomic mass is 9.59. The maximum atomic E-state index is 13.2. The van der Waals surface area contributed by atoms with E-state index in [2.05, 4.69) is 5.32 Å². The highest BCUT2D eigenvalue weighted by atomic mass is 32.2. The van der Waals surface area contributed by atoms with Crippen LogP contribution in [-0.4, -0.2) is 39.9 Å². The summed E-state index contributed by atoms with van der Waals surface area (Å²) in [5.41, 5.74) is 5.18. The van der Waals surface area contributed by atoms with Gasteiger partial charge in [0.05, 0.1) is 29.4 Å². The molecule has 1 fully saturated rings. The van der Waals surface area contributed by atoms with E-state index in [9.17, 15) is 19.5 Å².